The van der Waals surface area contributed by atoms with Crippen LogP contribution in [0.25, 0.3) is 0 Å². The highest BCUT2D eigenvalue weighted by molar-refractivity contribution is 5.81. The first-order chi connectivity index (χ1) is 7.10. The maximum Gasteiger partial charge on any atom is 0.330 e. The number of esters is 1. The van der Waals surface area contributed by atoms with E-state index in [4.69, 9.17) is 9.84 Å². The number of carbonyl (C=O) groups is 1. The molecule has 0 saturated carbocycles. The van der Waals surface area contributed by atoms with Gasteiger partial charge in [0.05, 0.1) is 6.10 Å². The molecule has 0 aliphatic rings. The molecule has 2 unspecified atom stereocenters. The summed E-state index contributed by atoms with van der Waals surface area (Å²) >= 11 is 0. The molecule has 3 heteroatoms. The number of carbonyl (C=O) groups excluding carboxylic acids is 1. The first-order valence-electron chi connectivity index (χ1n) is 5.22. The fourth-order valence-electron chi connectivity index (χ4n) is 1.26. The minimum atomic E-state index is -0.404. The molecule has 0 spiro atoms. The first-order valence-corrected chi connectivity index (χ1v) is 5.22. The summed E-state index contributed by atoms with van der Waals surface area (Å²) in [4.78, 5) is 11.0. The molecule has 0 rings (SSSR count). The van der Waals surface area contributed by atoms with E-state index in [0.29, 0.717) is 6.42 Å². The van der Waals surface area contributed by atoms with Crippen LogP contribution in [0.3, 0.4) is 0 Å². The highest BCUT2D eigenvalue weighted by Crippen LogP contribution is 2.11. The fraction of sp³-hybridized carbons (Fsp3) is 0.583. The Kier molecular flexibility index (Phi) is 7.64. The van der Waals surface area contributed by atoms with Crippen LogP contribution in [0.5, 0.6) is 0 Å². The quantitative estimate of drug-likeness (QED) is 0.381. The Hall–Kier alpha value is -1.09. The van der Waals surface area contributed by atoms with Crippen molar-refractivity contribution < 1.29 is 14.6 Å². The summed E-state index contributed by atoms with van der Waals surface area (Å²) < 4.78 is 5.11. The summed E-state index contributed by atoms with van der Waals surface area (Å²) in [6, 6.07) is 0. The lowest BCUT2D eigenvalue weighted by atomic mass is 10.1. The zero-order valence-corrected chi connectivity index (χ0v) is 9.32. The van der Waals surface area contributed by atoms with Gasteiger partial charge >= 0.3 is 5.97 Å². The molecule has 0 aromatic carbocycles. The molecule has 0 aliphatic carbocycles. The van der Waals surface area contributed by atoms with E-state index in [-0.39, 0.29) is 12.2 Å². The second-order valence-corrected chi connectivity index (χ2v) is 3.57. The summed E-state index contributed by atoms with van der Waals surface area (Å²) in [5.74, 6) is -0.404. The number of aliphatic hydroxyl groups is 1. The van der Waals surface area contributed by atoms with Crippen LogP contribution in [-0.4, -0.2) is 23.3 Å². The topological polar surface area (TPSA) is 46.5 Å². The minimum Gasteiger partial charge on any atom is -0.459 e. The van der Waals surface area contributed by atoms with Crippen molar-refractivity contribution in [3.63, 3.8) is 0 Å². The van der Waals surface area contributed by atoms with Crippen molar-refractivity contribution in [2.75, 3.05) is 0 Å². The van der Waals surface area contributed by atoms with Crippen molar-refractivity contribution in [1.29, 1.82) is 0 Å². The molecule has 0 heterocycles. The van der Waals surface area contributed by atoms with Gasteiger partial charge in [0, 0.05) is 12.5 Å². The van der Waals surface area contributed by atoms with E-state index in [1.54, 1.807) is 13.0 Å². The SMILES string of the molecule is C=CCC(CCCC(C)O)OC(=O)C=C. The Bertz CT molecular complexity index is 209. The number of rotatable bonds is 8. The summed E-state index contributed by atoms with van der Waals surface area (Å²) in [6.07, 6.45) is 5.38. The molecule has 0 fully saturated rings. The molecular formula is C12H20O3. The van der Waals surface area contributed by atoms with E-state index in [1.165, 1.54) is 0 Å². The van der Waals surface area contributed by atoms with Crippen molar-refractivity contribution in [2.45, 2.75) is 44.8 Å². The molecule has 86 valence electrons. The van der Waals surface area contributed by atoms with Crippen LogP contribution >= 0.6 is 0 Å². The van der Waals surface area contributed by atoms with E-state index in [1.807, 2.05) is 0 Å². The molecule has 0 radical (unpaired) electrons. The molecule has 0 saturated heterocycles. The van der Waals surface area contributed by atoms with Gasteiger partial charge in [-0.1, -0.05) is 12.7 Å². The Morgan fingerprint density at radius 1 is 1.47 bits per heavy atom. The standard InChI is InChI=1S/C12H20O3/c1-4-7-11(15-12(14)5-2)9-6-8-10(3)13/h4-5,10-11,13H,1-2,6-9H2,3H3. The van der Waals surface area contributed by atoms with Crippen LogP contribution in [0.1, 0.15) is 32.6 Å². The molecule has 3 nitrogen and oxygen atoms in total. The highest BCUT2D eigenvalue weighted by atomic mass is 16.5. The first kappa shape index (κ1) is 13.9. The van der Waals surface area contributed by atoms with Crippen molar-refractivity contribution in [3.8, 4) is 0 Å². The normalized spacial score (nSPS) is 14.0. The zero-order valence-electron chi connectivity index (χ0n) is 9.32. The third kappa shape index (κ3) is 7.94. The lowest BCUT2D eigenvalue weighted by molar-refractivity contribution is -0.143. The molecule has 0 amide bonds. The summed E-state index contributed by atoms with van der Waals surface area (Å²) in [5, 5.41) is 9.08. The predicted octanol–water partition coefficient (Wildman–Crippen LogP) is 2.21. The highest BCUT2D eigenvalue weighted by Gasteiger charge is 2.11. The van der Waals surface area contributed by atoms with Gasteiger partial charge in [-0.2, -0.15) is 0 Å². The maximum atomic E-state index is 11.0. The molecule has 2 atom stereocenters. The second-order valence-electron chi connectivity index (χ2n) is 3.57. The summed E-state index contributed by atoms with van der Waals surface area (Å²) in [5.41, 5.74) is 0. The van der Waals surface area contributed by atoms with Crippen LogP contribution in [0.4, 0.5) is 0 Å². The van der Waals surface area contributed by atoms with Crippen LogP contribution in [-0.2, 0) is 9.53 Å². The van der Waals surface area contributed by atoms with Gasteiger partial charge in [-0.3, -0.25) is 0 Å². The van der Waals surface area contributed by atoms with E-state index in [2.05, 4.69) is 13.2 Å². The third-order valence-electron chi connectivity index (χ3n) is 2.03. The fourth-order valence-corrected chi connectivity index (χ4v) is 1.26. The number of hydrogen-bond donors (Lipinski definition) is 1. The number of hydrogen-bond acceptors (Lipinski definition) is 3. The van der Waals surface area contributed by atoms with Crippen molar-refractivity contribution in [1.82, 2.24) is 0 Å². The van der Waals surface area contributed by atoms with Gasteiger partial charge in [-0.15, -0.1) is 6.58 Å². The molecule has 0 bridgehead atoms. The van der Waals surface area contributed by atoms with Crippen LogP contribution in [0.2, 0.25) is 0 Å². The molecule has 0 aliphatic heterocycles. The van der Waals surface area contributed by atoms with Gasteiger partial charge in [0.15, 0.2) is 0 Å². The third-order valence-corrected chi connectivity index (χ3v) is 2.03. The van der Waals surface area contributed by atoms with Crippen molar-refractivity contribution >= 4 is 5.97 Å². The van der Waals surface area contributed by atoms with Gasteiger partial charge in [0.25, 0.3) is 0 Å². The average molecular weight is 212 g/mol. The number of ether oxygens (including phenoxy) is 1. The Morgan fingerprint density at radius 3 is 2.60 bits per heavy atom. The Labute approximate surface area is 91.4 Å². The number of aliphatic hydroxyl groups excluding tert-OH is 1. The van der Waals surface area contributed by atoms with E-state index >= 15 is 0 Å². The maximum absolute atomic E-state index is 11.0. The van der Waals surface area contributed by atoms with E-state index in [9.17, 15) is 4.79 Å². The van der Waals surface area contributed by atoms with Gasteiger partial charge < -0.3 is 9.84 Å². The molecule has 0 aromatic rings. The molecule has 15 heavy (non-hydrogen) atoms. The summed E-state index contributed by atoms with van der Waals surface area (Å²) in [7, 11) is 0. The summed E-state index contributed by atoms with van der Waals surface area (Å²) in [6.45, 7) is 8.70. The van der Waals surface area contributed by atoms with Crippen LogP contribution in [0, 0.1) is 0 Å². The van der Waals surface area contributed by atoms with Gasteiger partial charge in [-0.25, -0.2) is 4.79 Å². The van der Waals surface area contributed by atoms with Gasteiger partial charge in [-0.05, 0) is 26.2 Å². The predicted molar refractivity (Wildman–Crippen MR) is 60.4 cm³/mol. The van der Waals surface area contributed by atoms with E-state index < -0.39 is 5.97 Å². The smallest absolute Gasteiger partial charge is 0.330 e. The molecule has 0 aromatic heterocycles. The molecule has 1 N–H and O–H groups in total. The van der Waals surface area contributed by atoms with Crippen LogP contribution in [0.15, 0.2) is 25.3 Å². The minimum absolute atomic E-state index is 0.147. The Morgan fingerprint density at radius 2 is 2.13 bits per heavy atom. The Balaban J connectivity index is 3.87. The molecular weight excluding hydrogens is 192 g/mol. The largest absolute Gasteiger partial charge is 0.459 e. The lowest BCUT2D eigenvalue weighted by Gasteiger charge is -2.15. The second kappa shape index (κ2) is 8.24. The monoisotopic (exact) mass is 212 g/mol. The van der Waals surface area contributed by atoms with Gasteiger partial charge in [0.2, 0.25) is 0 Å². The van der Waals surface area contributed by atoms with E-state index in [0.717, 1.165) is 25.3 Å². The van der Waals surface area contributed by atoms with Crippen molar-refractivity contribution in [3.05, 3.63) is 25.3 Å². The lowest BCUT2D eigenvalue weighted by Crippen LogP contribution is -2.16. The van der Waals surface area contributed by atoms with Crippen molar-refractivity contribution in [2.24, 2.45) is 0 Å². The average Bonchev–Trinajstić information content (AvgIpc) is 2.17. The van der Waals surface area contributed by atoms with Gasteiger partial charge in [0.1, 0.15) is 6.10 Å². The zero-order chi connectivity index (χ0) is 11.7. The van der Waals surface area contributed by atoms with Crippen LogP contribution < -0.4 is 0 Å².